The van der Waals surface area contributed by atoms with Crippen LogP contribution in [0.2, 0.25) is 0 Å². The molecule has 0 unspecified atom stereocenters. The van der Waals surface area contributed by atoms with Gasteiger partial charge in [-0.3, -0.25) is 4.98 Å². The minimum absolute atomic E-state index is 0.620. The van der Waals surface area contributed by atoms with Crippen molar-refractivity contribution >= 4 is 23.0 Å². The molecular weight excluding hydrogens is 336 g/mol. The van der Waals surface area contributed by atoms with E-state index < -0.39 is 0 Å². The van der Waals surface area contributed by atoms with Crippen LogP contribution >= 0.6 is 0 Å². The lowest BCUT2D eigenvalue weighted by atomic mass is 10.1. The van der Waals surface area contributed by atoms with Crippen LogP contribution in [0.3, 0.4) is 0 Å². The third kappa shape index (κ3) is 4.94. The molecule has 6 heteroatoms. The molecule has 0 amide bonds. The van der Waals surface area contributed by atoms with Crippen molar-refractivity contribution in [3.8, 4) is 0 Å². The van der Waals surface area contributed by atoms with Crippen molar-refractivity contribution in [2.45, 2.75) is 27.3 Å². The summed E-state index contributed by atoms with van der Waals surface area (Å²) in [5.41, 5.74) is 4.43. The first-order valence-corrected chi connectivity index (χ1v) is 9.28. The molecule has 140 valence electrons. The zero-order valence-electron chi connectivity index (χ0n) is 16.1. The van der Waals surface area contributed by atoms with E-state index in [4.69, 9.17) is 0 Å². The number of aryl methyl sites for hydroxylation is 1. The van der Waals surface area contributed by atoms with Crippen molar-refractivity contribution in [2.75, 3.05) is 28.6 Å². The van der Waals surface area contributed by atoms with E-state index in [1.807, 2.05) is 24.3 Å². The summed E-state index contributed by atoms with van der Waals surface area (Å²) in [6, 6.07) is 14.2. The number of nitrogens with one attached hydrogen (secondary N) is 2. The maximum Gasteiger partial charge on any atom is 0.135 e. The largest absolute Gasteiger partial charge is 0.372 e. The van der Waals surface area contributed by atoms with Gasteiger partial charge >= 0.3 is 0 Å². The highest BCUT2D eigenvalue weighted by Gasteiger charge is 2.06. The van der Waals surface area contributed by atoms with Crippen LogP contribution in [-0.4, -0.2) is 28.0 Å². The molecule has 0 aliphatic heterocycles. The van der Waals surface area contributed by atoms with E-state index in [1.165, 1.54) is 11.3 Å². The van der Waals surface area contributed by atoms with Gasteiger partial charge < -0.3 is 15.5 Å². The fourth-order valence-corrected chi connectivity index (χ4v) is 2.92. The fraction of sp³-hybridized carbons (Fsp3) is 0.286. The molecule has 0 spiro atoms. The monoisotopic (exact) mass is 362 g/mol. The number of pyridine rings is 1. The van der Waals surface area contributed by atoms with Crippen LogP contribution in [0.15, 0.2) is 55.0 Å². The van der Waals surface area contributed by atoms with Gasteiger partial charge in [0.05, 0.1) is 12.2 Å². The average Bonchev–Trinajstić information content (AvgIpc) is 2.70. The molecule has 0 saturated carbocycles. The zero-order valence-corrected chi connectivity index (χ0v) is 16.1. The highest BCUT2D eigenvalue weighted by atomic mass is 15.1. The Labute approximate surface area is 160 Å². The van der Waals surface area contributed by atoms with Crippen molar-refractivity contribution in [3.63, 3.8) is 0 Å². The quantitative estimate of drug-likeness (QED) is 0.620. The summed E-state index contributed by atoms with van der Waals surface area (Å²) in [5.74, 6) is 1.52. The third-order valence-corrected chi connectivity index (χ3v) is 4.45. The Morgan fingerprint density at radius 1 is 0.926 bits per heavy atom. The summed E-state index contributed by atoms with van der Waals surface area (Å²) >= 11 is 0. The van der Waals surface area contributed by atoms with Gasteiger partial charge in [0.15, 0.2) is 0 Å². The second-order valence-electron chi connectivity index (χ2n) is 6.26. The number of hydrogen-bond donors (Lipinski definition) is 2. The Hall–Kier alpha value is -3.15. The van der Waals surface area contributed by atoms with Crippen molar-refractivity contribution in [2.24, 2.45) is 0 Å². The molecule has 3 rings (SSSR count). The van der Waals surface area contributed by atoms with E-state index >= 15 is 0 Å². The van der Waals surface area contributed by atoms with Gasteiger partial charge in [0.1, 0.15) is 18.0 Å². The molecule has 2 heterocycles. The molecule has 2 aromatic heterocycles. The van der Waals surface area contributed by atoms with Crippen LogP contribution in [-0.2, 0) is 6.54 Å². The van der Waals surface area contributed by atoms with E-state index in [1.54, 1.807) is 12.5 Å². The molecule has 0 bridgehead atoms. The molecule has 0 fully saturated rings. The van der Waals surface area contributed by atoms with Gasteiger partial charge in [-0.05, 0) is 56.7 Å². The lowest BCUT2D eigenvalue weighted by molar-refractivity contribution is 0.866. The van der Waals surface area contributed by atoms with Gasteiger partial charge in [-0.25, -0.2) is 9.97 Å². The molecule has 3 aromatic rings. The van der Waals surface area contributed by atoms with Crippen LogP contribution in [0.4, 0.5) is 23.0 Å². The summed E-state index contributed by atoms with van der Waals surface area (Å²) < 4.78 is 0. The summed E-state index contributed by atoms with van der Waals surface area (Å²) in [5, 5.41) is 6.67. The predicted octanol–water partition coefficient (Wildman–Crippen LogP) is 4.38. The first kappa shape index (κ1) is 18.6. The van der Waals surface area contributed by atoms with Crippen LogP contribution in [0, 0.1) is 6.92 Å². The van der Waals surface area contributed by atoms with Gasteiger partial charge in [-0.15, -0.1) is 0 Å². The van der Waals surface area contributed by atoms with Gasteiger partial charge in [-0.1, -0.05) is 6.07 Å². The molecule has 6 nitrogen and oxygen atoms in total. The first-order chi connectivity index (χ1) is 13.2. The van der Waals surface area contributed by atoms with E-state index in [0.717, 1.165) is 36.1 Å². The van der Waals surface area contributed by atoms with Crippen LogP contribution in [0.1, 0.15) is 25.1 Å². The molecule has 0 atom stereocenters. The fourth-order valence-electron chi connectivity index (χ4n) is 2.92. The van der Waals surface area contributed by atoms with Crippen LogP contribution in [0.25, 0.3) is 0 Å². The normalized spacial score (nSPS) is 10.5. The van der Waals surface area contributed by atoms with Crippen LogP contribution < -0.4 is 15.5 Å². The minimum Gasteiger partial charge on any atom is -0.372 e. The molecule has 0 aliphatic rings. The number of anilines is 4. The van der Waals surface area contributed by atoms with Gasteiger partial charge in [0.2, 0.25) is 0 Å². The summed E-state index contributed by atoms with van der Waals surface area (Å²) in [4.78, 5) is 15.3. The molecule has 0 aliphatic carbocycles. The Balaban J connectivity index is 1.69. The second kappa shape index (κ2) is 8.98. The first-order valence-electron chi connectivity index (χ1n) is 9.28. The lowest BCUT2D eigenvalue weighted by Gasteiger charge is -2.22. The van der Waals surface area contributed by atoms with Crippen molar-refractivity contribution in [1.29, 1.82) is 0 Å². The van der Waals surface area contributed by atoms with E-state index in [0.29, 0.717) is 6.54 Å². The number of benzene rings is 1. The lowest BCUT2D eigenvalue weighted by Crippen LogP contribution is -2.21. The predicted molar refractivity (Wildman–Crippen MR) is 112 cm³/mol. The summed E-state index contributed by atoms with van der Waals surface area (Å²) in [6.45, 7) is 9.07. The molecule has 0 saturated heterocycles. The second-order valence-corrected chi connectivity index (χ2v) is 6.26. The SMILES string of the molecule is CCN(CC)c1ccc(Nc2cc(NCc3ccccn3)ncn2)c(C)c1. The Bertz CT molecular complexity index is 862. The minimum atomic E-state index is 0.620. The Kier molecular flexibility index (Phi) is 6.20. The topological polar surface area (TPSA) is 66.0 Å². The molecule has 27 heavy (non-hydrogen) atoms. The van der Waals surface area contributed by atoms with Gasteiger partial charge in [0, 0.05) is 36.7 Å². The smallest absolute Gasteiger partial charge is 0.135 e. The number of hydrogen-bond acceptors (Lipinski definition) is 6. The molecule has 2 N–H and O–H groups in total. The third-order valence-electron chi connectivity index (χ3n) is 4.45. The van der Waals surface area contributed by atoms with E-state index in [2.05, 4.69) is 69.5 Å². The molecular formula is C21H26N6. The van der Waals surface area contributed by atoms with Crippen molar-refractivity contribution < 1.29 is 0 Å². The summed E-state index contributed by atoms with van der Waals surface area (Å²) in [7, 11) is 0. The number of rotatable bonds is 8. The van der Waals surface area contributed by atoms with E-state index in [-0.39, 0.29) is 0 Å². The molecule has 1 aromatic carbocycles. The zero-order chi connectivity index (χ0) is 19.1. The van der Waals surface area contributed by atoms with E-state index in [9.17, 15) is 0 Å². The average molecular weight is 362 g/mol. The standard InChI is InChI=1S/C21H26N6/c1-4-27(5-2)18-9-10-19(16(3)12-18)26-21-13-20(24-15-25-21)23-14-17-8-6-7-11-22-17/h6-13,15H,4-5,14H2,1-3H3,(H2,23,24,25,26). The van der Waals surface area contributed by atoms with Gasteiger partial charge in [-0.2, -0.15) is 0 Å². The van der Waals surface area contributed by atoms with Gasteiger partial charge in [0.25, 0.3) is 0 Å². The number of aromatic nitrogens is 3. The van der Waals surface area contributed by atoms with Crippen LogP contribution in [0.5, 0.6) is 0 Å². The maximum atomic E-state index is 4.33. The van der Waals surface area contributed by atoms with Crippen molar-refractivity contribution in [1.82, 2.24) is 15.0 Å². The highest BCUT2D eigenvalue weighted by Crippen LogP contribution is 2.25. The highest BCUT2D eigenvalue weighted by molar-refractivity contribution is 5.66. The maximum absolute atomic E-state index is 4.33. The summed E-state index contributed by atoms with van der Waals surface area (Å²) in [6.07, 6.45) is 3.34. The Morgan fingerprint density at radius 3 is 2.44 bits per heavy atom. The number of nitrogens with zero attached hydrogens (tertiary/aromatic N) is 4. The molecule has 0 radical (unpaired) electrons. The Morgan fingerprint density at radius 2 is 1.74 bits per heavy atom. The van der Waals surface area contributed by atoms with Crippen molar-refractivity contribution in [3.05, 3.63) is 66.2 Å².